The normalized spacial score (nSPS) is 12.3. The fourth-order valence-electron chi connectivity index (χ4n) is 3.08. The molecule has 0 fully saturated rings. The molecule has 0 unspecified atom stereocenters. The molecule has 0 spiro atoms. The molecule has 3 aromatic carbocycles. The Kier molecular flexibility index (Phi) is 5.73. The number of thiophene rings is 1. The van der Waals surface area contributed by atoms with Crippen LogP contribution in [0.25, 0.3) is 26.6 Å². The molecular formula is C25H20O3S. The Balaban J connectivity index is 1.44. The SMILES string of the molecule is O=C(O)[C@H](C/C=C/c1ccccc1)Oc1ccc(-c2cc3ccccc3s2)cc1. The number of carbonyl (C=O) groups is 1. The highest BCUT2D eigenvalue weighted by molar-refractivity contribution is 7.22. The minimum Gasteiger partial charge on any atom is -0.478 e. The zero-order valence-corrected chi connectivity index (χ0v) is 16.5. The highest BCUT2D eigenvalue weighted by Gasteiger charge is 2.18. The molecule has 144 valence electrons. The minimum atomic E-state index is -0.976. The summed E-state index contributed by atoms with van der Waals surface area (Å²) in [5.74, 6) is -0.424. The van der Waals surface area contributed by atoms with Crippen LogP contribution in [0.15, 0.2) is 91.0 Å². The van der Waals surface area contributed by atoms with Crippen molar-refractivity contribution in [3.8, 4) is 16.2 Å². The van der Waals surface area contributed by atoms with Gasteiger partial charge in [-0.05, 0) is 52.9 Å². The Hall–Kier alpha value is -3.37. The molecule has 4 rings (SSSR count). The maximum atomic E-state index is 11.6. The largest absolute Gasteiger partial charge is 0.478 e. The number of benzene rings is 3. The van der Waals surface area contributed by atoms with E-state index in [0.717, 1.165) is 11.1 Å². The van der Waals surface area contributed by atoms with Gasteiger partial charge in [0.05, 0.1) is 0 Å². The van der Waals surface area contributed by atoms with Gasteiger partial charge >= 0.3 is 5.97 Å². The summed E-state index contributed by atoms with van der Waals surface area (Å²) in [6.45, 7) is 0. The Morgan fingerprint density at radius 3 is 2.41 bits per heavy atom. The first-order valence-electron chi connectivity index (χ1n) is 9.39. The second-order valence-corrected chi connectivity index (χ2v) is 7.75. The maximum Gasteiger partial charge on any atom is 0.345 e. The standard InChI is InChI=1S/C25H20O3S/c26-25(27)22(11-6-9-18-7-2-1-3-8-18)28-21-15-13-19(14-16-21)24-17-20-10-4-5-12-23(20)29-24/h1-10,12-17,22H,11H2,(H,26,27)/b9-6+/t22-/m0/s1. The van der Waals surface area contributed by atoms with Crippen LogP contribution in [-0.4, -0.2) is 17.2 Å². The van der Waals surface area contributed by atoms with Crippen LogP contribution in [0.3, 0.4) is 0 Å². The summed E-state index contributed by atoms with van der Waals surface area (Å²) >= 11 is 1.74. The number of hydrogen-bond donors (Lipinski definition) is 1. The molecule has 0 aliphatic rings. The molecular weight excluding hydrogens is 380 g/mol. The van der Waals surface area contributed by atoms with Crippen molar-refractivity contribution in [2.24, 2.45) is 0 Å². The third-order valence-electron chi connectivity index (χ3n) is 4.58. The van der Waals surface area contributed by atoms with Gasteiger partial charge in [0, 0.05) is 16.0 Å². The number of rotatable bonds is 7. The number of aliphatic carboxylic acids is 1. The van der Waals surface area contributed by atoms with Gasteiger partial charge in [0.1, 0.15) is 5.75 Å². The molecule has 4 aromatic rings. The molecule has 4 heteroatoms. The average Bonchev–Trinajstić information content (AvgIpc) is 3.18. The number of fused-ring (bicyclic) bond motifs is 1. The van der Waals surface area contributed by atoms with E-state index in [2.05, 4.69) is 18.2 Å². The van der Waals surface area contributed by atoms with Crippen LogP contribution in [-0.2, 0) is 4.79 Å². The first kappa shape index (κ1) is 19.0. The Morgan fingerprint density at radius 2 is 1.69 bits per heavy atom. The van der Waals surface area contributed by atoms with Gasteiger partial charge in [-0.3, -0.25) is 0 Å². The van der Waals surface area contributed by atoms with Crippen molar-refractivity contribution in [3.05, 3.63) is 96.6 Å². The van der Waals surface area contributed by atoms with Gasteiger partial charge < -0.3 is 9.84 Å². The van der Waals surface area contributed by atoms with E-state index in [1.165, 1.54) is 15.0 Å². The van der Waals surface area contributed by atoms with Crippen molar-refractivity contribution in [3.63, 3.8) is 0 Å². The predicted molar refractivity (Wildman–Crippen MR) is 119 cm³/mol. The van der Waals surface area contributed by atoms with E-state index >= 15 is 0 Å². The number of hydrogen-bond acceptors (Lipinski definition) is 3. The highest BCUT2D eigenvalue weighted by atomic mass is 32.1. The monoisotopic (exact) mass is 400 g/mol. The fourth-order valence-corrected chi connectivity index (χ4v) is 4.15. The van der Waals surface area contributed by atoms with Crippen molar-refractivity contribution in [2.45, 2.75) is 12.5 Å². The molecule has 0 amide bonds. The van der Waals surface area contributed by atoms with E-state index in [0.29, 0.717) is 12.2 Å². The zero-order chi connectivity index (χ0) is 20.1. The van der Waals surface area contributed by atoms with Gasteiger partial charge in [-0.15, -0.1) is 11.3 Å². The first-order valence-corrected chi connectivity index (χ1v) is 10.2. The molecule has 1 N–H and O–H groups in total. The van der Waals surface area contributed by atoms with E-state index in [1.54, 1.807) is 11.3 Å². The van der Waals surface area contributed by atoms with E-state index in [9.17, 15) is 9.90 Å². The van der Waals surface area contributed by atoms with Crippen LogP contribution in [0, 0.1) is 0 Å². The minimum absolute atomic E-state index is 0.294. The van der Waals surface area contributed by atoms with E-state index in [-0.39, 0.29) is 0 Å². The zero-order valence-electron chi connectivity index (χ0n) is 15.7. The van der Waals surface area contributed by atoms with Crippen molar-refractivity contribution >= 4 is 33.5 Å². The summed E-state index contributed by atoms with van der Waals surface area (Å²) in [6.07, 6.45) is 3.11. The maximum absolute atomic E-state index is 11.6. The first-order chi connectivity index (χ1) is 14.2. The molecule has 1 aromatic heterocycles. The predicted octanol–water partition coefficient (Wildman–Crippen LogP) is 6.50. The summed E-state index contributed by atoms with van der Waals surface area (Å²) in [6, 6.07) is 27.9. The van der Waals surface area contributed by atoms with E-state index < -0.39 is 12.1 Å². The quantitative estimate of drug-likeness (QED) is 0.385. The van der Waals surface area contributed by atoms with Crippen molar-refractivity contribution < 1.29 is 14.6 Å². The van der Waals surface area contributed by atoms with E-state index in [1.807, 2.05) is 78.9 Å². The summed E-state index contributed by atoms with van der Waals surface area (Å²) in [7, 11) is 0. The summed E-state index contributed by atoms with van der Waals surface area (Å²) < 4.78 is 6.97. The Bertz CT molecular complexity index is 1090. The lowest BCUT2D eigenvalue weighted by Gasteiger charge is -2.13. The average molecular weight is 400 g/mol. The molecule has 29 heavy (non-hydrogen) atoms. The van der Waals surface area contributed by atoms with Crippen LogP contribution in [0.1, 0.15) is 12.0 Å². The van der Waals surface area contributed by atoms with Gasteiger partial charge in [-0.2, -0.15) is 0 Å². The lowest BCUT2D eigenvalue weighted by molar-refractivity contribution is -0.144. The van der Waals surface area contributed by atoms with Gasteiger partial charge in [-0.1, -0.05) is 60.7 Å². The van der Waals surface area contributed by atoms with Gasteiger partial charge in [0.2, 0.25) is 0 Å². The molecule has 0 radical (unpaired) electrons. The molecule has 1 atom stereocenters. The van der Waals surface area contributed by atoms with Gasteiger partial charge in [0.15, 0.2) is 6.10 Å². The van der Waals surface area contributed by atoms with Crippen LogP contribution >= 0.6 is 11.3 Å². The third kappa shape index (κ3) is 4.73. The number of carboxylic acid groups (broad SMARTS) is 1. The highest BCUT2D eigenvalue weighted by Crippen LogP contribution is 2.34. The van der Waals surface area contributed by atoms with Crippen LogP contribution < -0.4 is 4.74 Å². The van der Waals surface area contributed by atoms with Crippen molar-refractivity contribution in [1.29, 1.82) is 0 Å². The molecule has 0 aliphatic heterocycles. The summed E-state index contributed by atoms with van der Waals surface area (Å²) in [5.41, 5.74) is 2.12. The topological polar surface area (TPSA) is 46.5 Å². The van der Waals surface area contributed by atoms with Crippen molar-refractivity contribution in [2.75, 3.05) is 0 Å². The number of ether oxygens (including phenoxy) is 1. The lowest BCUT2D eigenvalue weighted by atomic mass is 10.1. The molecule has 0 bridgehead atoms. The smallest absolute Gasteiger partial charge is 0.345 e. The lowest BCUT2D eigenvalue weighted by Crippen LogP contribution is -2.26. The third-order valence-corrected chi connectivity index (χ3v) is 5.74. The number of carboxylic acids is 1. The van der Waals surface area contributed by atoms with Crippen LogP contribution in [0.2, 0.25) is 0 Å². The molecule has 0 aliphatic carbocycles. The fraction of sp³-hybridized carbons (Fsp3) is 0.0800. The van der Waals surface area contributed by atoms with Gasteiger partial charge in [-0.25, -0.2) is 4.79 Å². The van der Waals surface area contributed by atoms with Crippen LogP contribution in [0.5, 0.6) is 5.75 Å². The molecule has 3 nitrogen and oxygen atoms in total. The van der Waals surface area contributed by atoms with Crippen molar-refractivity contribution in [1.82, 2.24) is 0 Å². The second kappa shape index (κ2) is 8.76. The van der Waals surface area contributed by atoms with E-state index in [4.69, 9.17) is 4.74 Å². The Labute approximate surface area is 173 Å². The summed E-state index contributed by atoms with van der Waals surface area (Å²) in [4.78, 5) is 12.8. The Morgan fingerprint density at radius 1 is 0.966 bits per heavy atom. The molecule has 0 saturated carbocycles. The van der Waals surface area contributed by atoms with Crippen LogP contribution in [0.4, 0.5) is 0 Å². The molecule has 0 saturated heterocycles. The second-order valence-electron chi connectivity index (χ2n) is 6.67. The molecule has 1 heterocycles. The summed E-state index contributed by atoms with van der Waals surface area (Å²) in [5, 5.41) is 10.7. The van der Waals surface area contributed by atoms with Gasteiger partial charge in [0.25, 0.3) is 0 Å².